The van der Waals surface area contributed by atoms with Gasteiger partial charge in [-0.2, -0.15) is 0 Å². The Bertz CT molecular complexity index is 343. The van der Waals surface area contributed by atoms with Crippen molar-refractivity contribution in [1.82, 2.24) is 5.32 Å². The van der Waals surface area contributed by atoms with Crippen molar-refractivity contribution in [2.75, 3.05) is 19.8 Å². The molecule has 88 valence electrons. The van der Waals surface area contributed by atoms with Crippen LogP contribution in [0.1, 0.15) is 17.2 Å². The predicted octanol–water partition coefficient (Wildman–Crippen LogP) is 0.201. The van der Waals surface area contributed by atoms with E-state index in [2.05, 4.69) is 11.4 Å². The molecular formula is C12H17NO3. The van der Waals surface area contributed by atoms with E-state index < -0.39 is 6.10 Å². The van der Waals surface area contributed by atoms with Crippen LogP contribution in [0, 0.1) is 0 Å². The van der Waals surface area contributed by atoms with Gasteiger partial charge < -0.3 is 20.3 Å². The van der Waals surface area contributed by atoms with Gasteiger partial charge in [-0.05, 0) is 11.1 Å². The van der Waals surface area contributed by atoms with Crippen LogP contribution in [0.4, 0.5) is 0 Å². The molecule has 2 rings (SSSR count). The Morgan fingerprint density at radius 1 is 1.44 bits per heavy atom. The molecular weight excluding hydrogens is 206 g/mol. The lowest BCUT2D eigenvalue weighted by Gasteiger charge is -2.27. The minimum absolute atomic E-state index is 0.103. The summed E-state index contributed by atoms with van der Waals surface area (Å²) in [5.41, 5.74) is 2.41. The van der Waals surface area contributed by atoms with E-state index in [0.29, 0.717) is 19.8 Å². The second-order valence-electron chi connectivity index (χ2n) is 4.01. The Labute approximate surface area is 94.9 Å². The number of benzene rings is 1. The highest BCUT2D eigenvalue weighted by molar-refractivity contribution is 5.31. The topological polar surface area (TPSA) is 61.7 Å². The molecule has 0 saturated carbocycles. The number of hydrogen-bond acceptors (Lipinski definition) is 4. The molecule has 0 radical (unpaired) electrons. The summed E-state index contributed by atoms with van der Waals surface area (Å²) in [4.78, 5) is 0. The average molecular weight is 223 g/mol. The van der Waals surface area contributed by atoms with Crippen LogP contribution < -0.4 is 5.32 Å². The number of rotatable bonds is 4. The third-order valence-corrected chi connectivity index (χ3v) is 2.78. The first-order chi connectivity index (χ1) is 7.81. The molecule has 1 aliphatic rings. The molecule has 1 aliphatic heterocycles. The highest BCUT2D eigenvalue weighted by Gasteiger charge is 2.20. The fourth-order valence-electron chi connectivity index (χ4n) is 1.89. The molecule has 2 atom stereocenters. The van der Waals surface area contributed by atoms with Crippen molar-refractivity contribution < 1.29 is 14.9 Å². The number of nitrogens with one attached hydrogen (secondary N) is 1. The lowest BCUT2D eigenvalue weighted by atomic mass is 9.99. The molecule has 16 heavy (non-hydrogen) atoms. The molecule has 0 saturated heterocycles. The standard InChI is InChI=1S/C12H17NO3/c14-6-10(15)5-13-12-8-16-7-9-3-1-2-4-11(9)12/h1-4,10,12-15H,5-8H2. The van der Waals surface area contributed by atoms with E-state index in [1.54, 1.807) is 0 Å². The van der Waals surface area contributed by atoms with Gasteiger partial charge in [0.1, 0.15) is 0 Å². The first-order valence-electron chi connectivity index (χ1n) is 5.49. The van der Waals surface area contributed by atoms with Crippen LogP contribution in [0.25, 0.3) is 0 Å². The molecule has 0 aliphatic carbocycles. The summed E-state index contributed by atoms with van der Waals surface area (Å²) < 4.78 is 5.47. The summed E-state index contributed by atoms with van der Waals surface area (Å²) >= 11 is 0. The zero-order chi connectivity index (χ0) is 11.4. The van der Waals surface area contributed by atoms with E-state index in [4.69, 9.17) is 9.84 Å². The highest BCUT2D eigenvalue weighted by atomic mass is 16.5. The summed E-state index contributed by atoms with van der Waals surface area (Å²) in [6.07, 6.45) is -0.714. The zero-order valence-corrected chi connectivity index (χ0v) is 9.10. The molecule has 1 aromatic rings. The molecule has 0 bridgehead atoms. The largest absolute Gasteiger partial charge is 0.394 e. The number of hydrogen-bond donors (Lipinski definition) is 3. The monoisotopic (exact) mass is 223 g/mol. The van der Waals surface area contributed by atoms with E-state index >= 15 is 0 Å². The van der Waals surface area contributed by atoms with Crippen LogP contribution in [0.5, 0.6) is 0 Å². The van der Waals surface area contributed by atoms with E-state index in [0.717, 1.165) is 0 Å². The van der Waals surface area contributed by atoms with Gasteiger partial charge in [0, 0.05) is 6.54 Å². The lowest BCUT2D eigenvalue weighted by molar-refractivity contribution is 0.0634. The molecule has 0 spiro atoms. The minimum atomic E-state index is -0.714. The van der Waals surface area contributed by atoms with Crippen LogP contribution in [0.3, 0.4) is 0 Å². The van der Waals surface area contributed by atoms with Gasteiger partial charge in [-0.1, -0.05) is 24.3 Å². The van der Waals surface area contributed by atoms with Crippen molar-refractivity contribution in [1.29, 1.82) is 0 Å². The van der Waals surface area contributed by atoms with Crippen molar-refractivity contribution in [2.45, 2.75) is 18.8 Å². The van der Waals surface area contributed by atoms with E-state index in [-0.39, 0.29) is 12.6 Å². The quantitative estimate of drug-likeness (QED) is 0.682. The van der Waals surface area contributed by atoms with Gasteiger partial charge in [-0.15, -0.1) is 0 Å². The van der Waals surface area contributed by atoms with E-state index in [9.17, 15) is 5.11 Å². The van der Waals surface area contributed by atoms with Gasteiger partial charge >= 0.3 is 0 Å². The molecule has 4 nitrogen and oxygen atoms in total. The van der Waals surface area contributed by atoms with Gasteiger partial charge in [-0.3, -0.25) is 0 Å². The number of fused-ring (bicyclic) bond motifs is 1. The van der Waals surface area contributed by atoms with E-state index in [1.165, 1.54) is 11.1 Å². The number of ether oxygens (including phenoxy) is 1. The maximum Gasteiger partial charge on any atom is 0.0895 e. The zero-order valence-electron chi connectivity index (χ0n) is 9.10. The first kappa shape index (κ1) is 11.5. The van der Waals surface area contributed by atoms with Crippen LogP contribution in [-0.4, -0.2) is 36.1 Å². The SMILES string of the molecule is OCC(O)CNC1COCc2ccccc21. The van der Waals surface area contributed by atoms with Gasteiger partial charge in [0.15, 0.2) is 0 Å². The number of aliphatic hydroxyl groups is 2. The number of aliphatic hydroxyl groups excluding tert-OH is 2. The van der Waals surface area contributed by atoms with E-state index in [1.807, 2.05) is 18.2 Å². The molecule has 4 heteroatoms. The normalized spacial score (nSPS) is 21.5. The van der Waals surface area contributed by atoms with Crippen molar-refractivity contribution in [2.24, 2.45) is 0 Å². The summed E-state index contributed by atoms with van der Waals surface area (Å²) in [6.45, 7) is 1.41. The Kier molecular flexibility index (Phi) is 3.90. The summed E-state index contributed by atoms with van der Waals surface area (Å²) in [5, 5.41) is 21.2. The van der Waals surface area contributed by atoms with Gasteiger partial charge in [0.2, 0.25) is 0 Å². The minimum Gasteiger partial charge on any atom is -0.394 e. The molecule has 2 unspecified atom stereocenters. The Morgan fingerprint density at radius 3 is 3.06 bits per heavy atom. The maximum absolute atomic E-state index is 9.28. The fraction of sp³-hybridized carbons (Fsp3) is 0.500. The van der Waals surface area contributed by atoms with Gasteiger partial charge in [0.05, 0.1) is 32.0 Å². The highest BCUT2D eigenvalue weighted by Crippen LogP contribution is 2.24. The third-order valence-electron chi connectivity index (χ3n) is 2.78. The van der Waals surface area contributed by atoms with Crippen LogP contribution >= 0.6 is 0 Å². The van der Waals surface area contributed by atoms with Crippen LogP contribution in [0.2, 0.25) is 0 Å². The summed E-state index contributed by atoms with van der Waals surface area (Å²) in [6, 6.07) is 8.21. The summed E-state index contributed by atoms with van der Waals surface area (Å²) in [7, 11) is 0. The predicted molar refractivity (Wildman–Crippen MR) is 59.9 cm³/mol. The molecule has 1 heterocycles. The summed E-state index contributed by atoms with van der Waals surface area (Å²) in [5.74, 6) is 0. The molecule has 0 fully saturated rings. The second-order valence-corrected chi connectivity index (χ2v) is 4.01. The Balaban J connectivity index is 2.01. The van der Waals surface area contributed by atoms with Crippen LogP contribution in [-0.2, 0) is 11.3 Å². The molecule has 0 amide bonds. The average Bonchev–Trinajstić information content (AvgIpc) is 2.35. The van der Waals surface area contributed by atoms with Crippen molar-refractivity contribution in [3.05, 3.63) is 35.4 Å². The Morgan fingerprint density at radius 2 is 2.25 bits per heavy atom. The molecule has 1 aromatic carbocycles. The molecule has 0 aromatic heterocycles. The second kappa shape index (κ2) is 5.41. The fourth-order valence-corrected chi connectivity index (χ4v) is 1.89. The smallest absolute Gasteiger partial charge is 0.0895 e. The first-order valence-corrected chi connectivity index (χ1v) is 5.49. The van der Waals surface area contributed by atoms with Gasteiger partial charge in [0.25, 0.3) is 0 Å². The lowest BCUT2D eigenvalue weighted by Crippen LogP contribution is -2.36. The third kappa shape index (κ3) is 2.59. The van der Waals surface area contributed by atoms with Crippen molar-refractivity contribution in [3.63, 3.8) is 0 Å². The van der Waals surface area contributed by atoms with Crippen LogP contribution in [0.15, 0.2) is 24.3 Å². The Hall–Kier alpha value is -0.940. The van der Waals surface area contributed by atoms with Crippen molar-refractivity contribution >= 4 is 0 Å². The molecule has 3 N–H and O–H groups in total. The maximum atomic E-state index is 9.28. The van der Waals surface area contributed by atoms with Gasteiger partial charge in [-0.25, -0.2) is 0 Å². The van der Waals surface area contributed by atoms with Crippen molar-refractivity contribution in [3.8, 4) is 0 Å².